The zero-order chi connectivity index (χ0) is 17.8. The monoisotopic (exact) mass is 341 g/mol. The molecule has 1 saturated heterocycles. The fraction of sp³-hybridized carbons (Fsp3) is 0.389. The molecule has 25 heavy (non-hydrogen) atoms. The summed E-state index contributed by atoms with van der Waals surface area (Å²) in [6.45, 7) is 5.44. The van der Waals surface area contributed by atoms with Gasteiger partial charge in [-0.25, -0.2) is 4.68 Å². The third-order valence-electron chi connectivity index (χ3n) is 4.48. The molecule has 1 aromatic heterocycles. The van der Waals surface area contributed by atoms with E-state index in [-0.39, 0.29) is 11.5 Å². The Balaban J connectivity index is 1.52. The number of nitrogens with zero attached hydrogens (tertiary/aromatic N) is 4. The second-order valence-corrected chi connectivity index (χ2v) is 6.30. The molecule has 0 bridgehead atoms. The van der Waals surface area contributed by atoms with Crippen molar-refractivity contribution in [3.63, 3.8) is 0 Å². The van der Waals surface area contributed by atoms with E-state index in [1.165, 1.54) is 4.68 Å². The molecule has 1 aliphatic heterocycles. The molecule has 0 saturated carbocycles. The first kappa shape index (κ1) is 17.2. The molecule has 0 radical (unpaired) electrons. The number of carbonyl (C=O) groups is 1. The molecule has 2 heterocycles. The molecule has 3 rings (SSSR count). The maximum Gasteiger partial charge on any atom is 0.268 e. The van der Waals surface area contributed by atoms with Crippen molar-refractivity contribution in [3.8, 4) is 0 Å². The normalized spacial score (nSPS) is 15.2. The van der Waals surface area contributed by atoms with E-state index in [1.54, 1.807) is 19.3 Å². The van der Waals surface area contributed by atoms with Gasteiger partial charge in [0.15, 0.2) is 0 Å². The zero-order valence-corrected chi connectivity index (χ0v) is 14.6. The number of carbonyl (C=O) groups excluding carboxylic acids is 1. The summed E-state index contributed by atoms with van der Waals surface area (Å²) < 4.78 is 1.32. The van der Waals surface area contributed by atoms with Gasteiger partial charge < -0.3 is 10.2 Å². The number of nitrogens with one attached hydrogen (secondary N) is 1. The highest BCUT2D eigenvalue weighted by molar-refractivity contribution is 5.92. The van der Waals surface area contributed by atoms with Gasteiger partial charge in [0.2, 0.25) is 5.91 Å². The highest BCUT2D eigenvalue weighted by Crippen LogP contribution is 2.15. The summed E-state index contributed by atoms with van der Waals surface area (Å²) >= 11 is 0. The smallest absolute Gasteiger partial charge is 0.268 e. The largest absolute Gasteiger partial charge is 0.368 e. The standard InChI is InChI=1S/C18H23N5O2/c1-14-5-3-4-6-16(14)20-17(24)13-22-7-9-23(10-8-22)15-11-18(25)21(2)19-12-15/h3-6,11-12H,7-10,13H2,1-2H3,(H,20,24). The number of aryl methyl sites for hydroxylation is 2. The lowest BCUT2D eigenvalue weighted by Gasteiger charge is -2.35. The lowest BCUT2D eigenvalue weighted by Crippen LogP contribution is -2.49. The van der Waals surface area contributed by atoms with Crippen molar-refractivity contribution in [2.75, 3.05) is 42.9 Å². The van der Waals surface area contributed by atoms with Crippen LogP contribution in [0.1, 0.15) is 5.56 Å². The van der Waals surface area contributed by atoms with Crippen LogP contribution in [0.5, 0.6) is 0 Å². The van der Waals surface area contributed by atoms with Crippen molar-refractivity contribution in [2.24, 2.45) is 7.05 Å². The van der Waals surface area contributed by atoms with E-state index in [1.807, 2.05) is 31.2 Å². The Morgan fingerprint density at radius 3 is 2.60 bits per heavy atom. The van der Waals surface area contributed by atoms with Crippen molar-refractivity contribution in [3.05, 3.63) is 52.4 Å². The Kier molecular flexibility index (Phi) is 5.14. The van der Waals surface area contributed by atoms with Crippen LogP contribution in [-0.2, 0) is 11.8 Å². The molecule has 0 spiro atoms. The van der Waals surface area contributed by atoms with Gasteiger partial charge in [0.1, 0.15) is 0 Å². The molecule has 0 atom stereocenters. The SMILES string of the molecule is Cc1ccccc1NC(=O)CN1CCN(c2cnn(C)c(=O)c2)CC1. The number of hydrogen-bond acceptors (Lipinski definition) is 5. The third-order valence-corrected chi connectivity index (χ3v) is 4.48. The van der Waals surface area contributed by atoms with E-state index >= 15 is 0 Å². The second-order valence-electron chi connectivity index (χ2n) is 6.30. The number of benzene rings is 1. The highest BCUT2D eigenvalue weighted by atomic mass is 16.2. The van der Waals surface area contributed by atoms with Crippen LogP contribution >= 0.6 is 0 Å². The summed E-state index contributed by atoms with van der Waals surface area (Å²) in [6.07, 6.45) is 1.71. The Labute approximate surface area is 146 Å². The van der Waals surface area contributed by atoms with Crippen molar-refractivity contribution >= 4 is 17.3 Å². The number of amides is 1. The average Bonchev–Trinajstić information content (AvgIpc) is 2.60. The van der Waals surface area contributed by atoms with Gasteiger partial charge in [0.25, 0.3) is 5.56 Å². The molecule has 7 nitrogen and oxygen atoms in total. The minimum atomic E-state index is -0.113. The molecule has 1 aliphatic rings. The maximum atomic E-state index is 12.2. The topological polar surface area (TPSA) is 70.5 Å². The lowest BCUT2D eigenvalue weighted by molar-refractivity contribution is -0.117. The lowest BCUT2D eigenvalue weighted by atomic mass is 10.2. The summed E-state index contributed by atoms with van der Waals surface area (Å²) in [5.74, 6) is -0.00185. The second kappa shape index (κ2) is 7.48. The van der Waals surface area contributed by atoms with Crippen LogP contribution in [0.3, 0.4) is 0 Å². The van der Waals surface area contributed by atoms with E-state index in [9.17, 15) is 9.59 Å². The predicted octanol–water partition coefficient (Wildman–Crippen LogP) is 0.849. The van der Waals surface area contributed by atoms with Crippen LogP contribution in [-0.4, -0.2) is 53.3 Å². The predicted molar refractivity (Wildman–Crippen MR) is 97.9 cm³/mol. The first-order valence-electron chi connectivity index (χ1n) is 8.39. The van der Waals surface area contributed by atoms with E-state index in [0.29, 0.717) is 6.54 Å². The van der Waals surface area contributed by atoms with Gasteiger partial charge in [-0.3, -0.25) is 14.5 Å². The molecule has 1 aromatic carbocycles. The zero-order valence-electron chi connectivity index (χ0n) is 14.6. The summed E-state index contributed by atoms with van der Waals surface area (Å²) in [4.78, 5) is 28.2. The fourth-order valence-corrected chi connectivity index (χ4v) is 2.90. The summed E-state index contributed by atoms with van der Waals surface area (Å²) in [6, 6.07) is 9.36. The fourth-order valence-electron chi connectivity index (χ4n) is 2.90. The molecule has 1 amide bonds. The molecular formula is C18H23N5O2. The summed E-state index contributed by atoms with van der Waals surface area (Å²) in [7, 11) is 1.64. The molecule has 1 fully saturated rings. The Morgan fingerprint density at radius 2 is 1.92 bits per heavy atom. The van der Waals surface area contributed by atoms with Crippen LogP contribution in [0.25, 0.3) is 0 Å². The van der Waals surface area contributed by atoms with Gasteiger partial charge in [0, 0.05) is 45.0 Å². The summed E-state index contributed by atoms with van der Waals surface area (Å²) in [5, 5.41) is 7.03. The van der Waals surface area contributed by atoms with Crippen LogP contribution in [0.15, 0.2) is 41.3 Å². The molecular weight excluding hydrogens is 318 g/mol. The van der Waals surface area contributed by atoms with Gasteiger partial charge in [-0.05, 0) is 18.6 Å². The molecule has 0 aliphatic carbocycles. The number of piperazine rings is 1. The Hall–Kier alpha value is -2.67. The van der Waals surface area contributed by atoms with Crippen molar-refractivity contribution < 1.29 is 4.79 Å². The van der Waals surface area contributed by atoms with Gasteiger partial charge in [0.05, 0.1) is 18.4 Å². The minimum absolute atomic E-state index is 0.00185. The molecule has 132 valence electrons. The van der Waals surface area contributed by atoms with Gasteiger partial charge in [-0.2, -0.15) is 5.10 Å². The molecule has 1 N–H and O–H groups in total. The van der Waals surface area contributed by atoms with Gasteiger partial charge in [-0.15, -0.1) is 0 Å². The average molecular weight is 341 g/mol. The molecule has 2 aromatic rings. The van der Waals surface area contributed by atoms with Gasteiger partial charge in [-0.1, -0.05) is 18.2 Å². The molecule has 0 unspecified atom stereocenters. The van der Waals surface area contributed by atoms with Crippen LogP contribution in [0.4, 0.5) is 11.4 Å². The summed E-state index contributed by atoms with van der Waals surface area (Å²) in [5.41, 5.74) is 2.64. The van der Waals surface area contributed by atoms with Crippen molar-refractivity contribution in [1.29, 1.82) is 0 Å². The number of aromatic nitrogens is 2. The van der Waals surface area contributed by atoms with Crippen LogP contribution in [0, 0.1) is 6.92 Å². The Morgan fingerprint density at radius 1 is 1.20 bits per heavy atom. The van der Waals surface area contributed by atoms with E-state index in [2.05, 4.69) is 20.2 Å². The minimum Gasteiger partial charge on any atom is -0.368 e. The van der Waals surface area contributed by atoms with Crippen LogP contribution in [0.2, 0.25) is 0 Å². The van der Waals surface area contributed by atoms with Crippen LogP contribution < -0.4 is 15.8 Å². The third kappa shape index (κ3) is 4.24. The maximum absolute atomic E-state index is 12.2. The molecule has 7 heteroatoms. The van der Waals surface area contributed by atoms with E-state index in [0.717, 1.165) is 43.1 Å². The number of para-hydroxylation sites is 1. The first-order valence-corrected chi connectivity index (χ1v) is 8.39. The number of anilines is 2. The highest BCUT2D eigenvalue weighted by Gasteiger charge is 2.20. The van der Waals surface area contributed by atoms with Crippen molar-refractivity contribution in [1.82, 2.24) is 14.7 Å². The van der Waals surface area contributed by atoms with E-state index < -0.39 is 0 Å². The number of rotatable bonds is 4. The quantitative estimate of drug-likeness (QED) is 0.893. The first-order chi connectivity index (χ1) is 12.0. The number of hydrogen-bond donors (Lipinski definition) is 1. The van der Waals surface area contributed by atoms with Crippen molar-refractivity contribution in [2.45, 2.75) is 6.92 Å². The van der Waals surface area contributed by atoms with Gasteiger partial charge >= 0.3 is 0 Å². The van der Waals surface area contributed by atoms with E-state index in [4.69, 9.17) is 0 Å². The Bertz CT molecular complexity index is 809.